The van der Waals surface area contributed by atoms with Crippen molar-refractivity contribution in [2.75, 3.05) is 14.2 Å². The van der Waals surface area contributed by atoms with E-state index in [1.165, 1.54) is 34.4 Å². The van der Waals surface area contributed by atoms with Gasteiger partial charge in [0, 0.05) is 64.4 Å². The maximum atomic E-state index is 13.2. The number of halogens is 4. The Morgan fingerprint density at radius 2 is 0.986 bits per heavy atom. The highest BCUT2D eigenvalue weighted by molar-refractivity contribution is 9.11. The van der Waals surface area contributed by atoms with Gasteiger partial charge in [-0.15, -0.1) is 19.7 Å². The van der Waals surface area contributed by atoms with Crippen LogP contribution in [0.15, 0.2) is 106 Å². The Hall–Kier alpha value is -4.51. The SMILES string of the molecule is C=CCC1(S(=O)(=O)Cl)CC1.C=CCC1(S(=O)(=O)n2cc(C)c3c(C(=O)O)cc(Br)cc32)CC1.C=CCC1(S(=O)(=O)n2cc(C)c3c(C(=O)OC)cc(Br)cc32)CC1.COC(=O)c1cc(Br)cc2[nH]cc(C)c12. The second-order valence-corrected chi connectivity index (χ2v) is 28.1. The normalized spacial score (nSPS) is 15.9. The van der Waals surface area contributed by atoms with Gasteiger partial charge in [-0.25, -0.2) is 47.6 Å². The molecular weight excluding hydrogens is 1210 g/mol. The number of H-pyrrole nitrogens is 1. The Kier molecular flexibility index (Phi) is 16.9. The summed E-state index contributed by atoms with van der Waals surface area (Å²) in [6, 6.07) is 10.2. The van der Waals surface area contributed by atoms with Gasteiger partial charge in [0.05, 0.1) is 56.2 Å². The molecule has 386 valence electrons. The molecule has 3 saturated carbocycles. The number of esters is 2. The molecule has 0 unspecified atom stereocenters. The van der Waals surface area contributed by atoms with E-state index in [0.29, 0.717) is 105 Å². The number of aryl methyl sites for hydroxylation is 3. The van der Waals surface area contributed by atoms with Gasteiger partial charge in [-0.1, -0.05) is 66.0 Å². The molecular formula is C50H53Br3ClN3O12S3. The van der Waals surface area contributed by atoms with E-state index in [9.17, 15) is 44.7 Å². The quantitative estimate of drug-likeness (QED) is 0.0591. The third kappa shape index (κ3) is 10.8. The summed E-state index contributed by atoms with van der Waals surface area (Å²) in [5, 5.41) is 11.4. The van der Waals surface area contributed by atoms with Crippen molar-refractivity contribution in [1.29, 1.82) is 0 Å². The summed E-state index contributed by atoms with van der Waals surface area (Å²) >= 11 is 9.99. The minimum absolute atomic E-state index is 0.0920. The number of aromatic amines is 1. The number of methoxy groups -OCH3 is 2. The van der Waals surface area contributed by atoms with E-state index in [1.807, 2.05) is 19.2 Å². The number of carboxylic acid groups (broad SMARTS) is 1. The smallest absolute Gasteiger partial charge is 0.338 e. The predicted molar refractivity (Wildman–Crippen MR) is 293 cm³/mol. The van der Waals surface area contributed by atoms with E-state index >= 15 is 0 Å². The molecule has 3 aromatic heterocycles. The lowest BCUT2D eigenvalue weighted by atomic mass is 10.1. The summed E-state index contributed by atoms with van der Waals surface area (Å²) in [6.07, 6.45) is 15.0. The van der Waals surface area contributed by atoms with Gasteiger partial charge in [0.15, 0.2) is 0 Å². The van der Waals surface area contributed by atoms with Crippen LogP contribution in [0.3, 0.4) is 0 Å². The van der Waals surface area contributed by atoms with Crippen molar-refractivity contribution in [3.8, 4) is 0 Å². The average molecular weight is 1260 g/mol. The molecule has 0 aliphatic heterocycles. The van der Waals surface area contributed by atoms with Crippen LogP contribution in [-0.2, 0) is 38.6 Å². The molecule has 0 radical (unpaired) electrons. The first-order valence-corrected chi connectivity index (χ1v) is 29.8. The van der Waals surface area contributed by atoms with Crippen molar-refractivity contribution in [2.24, 2.45) is 0 Å². The Labute approximate surface area is 448 Å². The van der Waals surface area contributed by atoms with Gasteiger partial charge >= 0.3 is 17.9 Å². The minimum Gasteiger partial charge on any atom is -0.478 e. The number of aromatic carboxylic acids is 1. The number of nitrogens with zero attached hydrogens (tertiary/aromatic N) is 2. The largest absolute Gasteiger partial charge is 0.478 e. The Balaban J connectivity index is 0.000000164. The minimum atomic E-state index is -3.62. The maximum Gasteiger partial charge on any atom is 0.338 e. The summed E-state index contributed by atoms with van der Waals surface area (Å²) in [4.78, 5) is 38.3. The number of ether oxygens (including phenoxy) is 2. The number of fused-ring (bicyclic) bond motifs is 3. The highest BCUT2D eigenvalue weighted by atomic mass is 79.9. The number of rotatable bonds is 14. The summed E-state index contributed by atoms with van der Waals surface area (Å²) in [6.45, 7) is 16.3. The van der Waals surface area contributed by atoms with E-state index in [0.717, 1.165) is 26.5 Å². The summed E-state index contributed by atoms with van der Waals surface area (Å²) in [5.41, 5.74) is 5.22. The molecule has 9 rings (SSSR count). The molecule has 15 nitrogen and oxygen atoms in total. The fourth-order valence-electron chi connectivity index (χ4n) is 8.80. The number of carbonyl (C=O) groups is 3. The number of carbonyl (C=O) groups excluding carboxylic acids is 2. The van der Waals surface area contributed by atoms with Gasteiger partial charge in [0.25, 0.3) is 0 Å². The van der Waals surface area contributed by atoms with Crippen molar-refractivity contribution in [3.63, 3.8) is 0 Å². The molecule has 72 heavy (non-hydrogen) atoms. The lowest BCUT2D eigenvalue weighted by Crippen LogP contribution is -2.28. The van der Waals surface area contributed by atoms with Crippen LogP contribution in [0.25, 0.3) is 32.7 Å². The van der Waals surface area contributed by atoms with Crippen molar-refractivity contribution in [1.82, 2.24) is 12.9 Å². The summed E-state index contributed by atoms with van der Waals surface area (Å²) in [5.74, 6) is -1.89. The highest BCUT2D eigenvalue weighted by Crippen LogP contribution is 2.51. The predicted octanol–water partition coefficient (Wildman–Crippen LogP) is 12.2. The molecule has 0 amide bonds. The van der Waals surface area contributed by atoms with E-state index in [2.05, 4.69) is 72.5 Å². The monoisotopic (exact) mass is 1260 g/mol. The van der Waals surface area contributed by atoms with Crippen molar-refractivity contribution in [3.05, 3.63) is 140 Å². The van der Waals surface area contributed by atoms with E-state index in [1.54, 1.807) is 62.5 Å². The van der Waals surface area contributed by atoms with E-state index in [4.69, 9.17) is 20.2 Å². The summed E-state index contributed by atoms with van der Waals surface area (Å²) < 4.78 is 86.1. The average Bonchev–Trinajstić information content (AvgIpc) is 4.27. The van der Waals surface area contributed by atoms with Crippen LogP contribution >= 0.6 is 58.5 Å². The number of benzene rings is 3. The first-order chi connectivity index (χ1) is 33.6. The zero-order valence-corrected chi connectivity index (χ0v) is 47.9. The Morgan fingerprint density at radius 1 is 0.625 bits per heavy atom. The van der Waals surface area contributed by atoms with E-state index in [-0.39, 0.29) is 11.5 Å². The zero-order valence-electron chi connectivity index (χ0n) is 40.0. The fourth-order valence-corrected chi connectivity index (χ4v) is 15.8. The van der Waals surface area contributed by atoms with Gasteiger partial charge in [-0.2, -0.15) is 0 Å². The van der Waals surface area contributed by atoms with E-state index < -0.39 is 55.3 Å². The molecule has 22 heteroatoms. The highest BCUT2D eigenvalue weighted by Gasteiger charge is 2.56. The first-order valence-electron chi connectivity index (χ1n) is 22.2. The van der Waals surface area contributed by atoms with Crippen molar-refractivity contribution < 1.29 is 54.2 Å². The number of hydrogen-bond donors (Lipinski definition) is 2. The van der Waals surface area contributed by atoms with Gasteiger partial charge in [-0.05, 0) is 132 Å². The van der Waals surface area contributed by atoms with Crippen molar-refractivity contribution >= 4 is 138 Å². The first kappa shape index (κ1) is 56.8. The van der Waals surface area contributed by atoms with Crippen LogP contribution in [0.5, 0.6) is 0 Å². The molecule has 3 fully saturated rings. The molecule has 2 N–H and O–H groups in total. The lowest BCUT2D eigenvalue weighted by molar-refractivity contribution is 0.0594. The van der Waals surface area contributed by atoms with Crippen LogP contribution in [0, 0.1) is 20.8 Å². The zero-order chi connectivity index (χ0) is 53.5. The second-order valence-electron chi connectivity index (χ2n) is 18.0. The van der Waals surface area contributed by atoms with Crippen LogP contribution in [-0.4, -0.2) is 89.7 Å². The summed E-state index contributed by atoms with van der Waals surface area (Å²) in [7, 11) is -2.68. The molecule has 0 bridgehead atoms. The van der Waals surface area contributed by atoms with Gasteiger partial charge in [0.2, 0.25) is 29.1 Å². The number of carboxylic acids is 1. The molecule has 0 atom stereocenters. The number of nitrogens with one attached hydrogen (secondary N) is 1. The standard InChI is InChI=1S/C17H18BrNO4S.C16H16BrNO4S.C11H10BrNO2.C6H9ClO2S/c1-4-5-17(6-7-17)24(21,22)19-10-11(2)15-13(16(20)23-3)8-12(18)9-14(15)19;1-3-4-16(5-6-16)23(21,22)18-9-10(2)14-12(15(19)20)7-11(17)8-13(14)18;1-6-5-13-9-4-7(12)3-8(10(6)9)11(14)15-2;1-2-3-6(4-5-6)10(7,8)9/h4,8-10H,1,5-7H2,2-3H3;3,7-9H,1,4-6H2,2H3,(H,19,20);3-5,13H,1-2H3;2H,1,3-5H2. The molecule has 0 spiro atoms. The van der Waals surface area contributed by atoms with Crippen LogP contribution in [0.1, 0.15) is 106 Å². The second kappa shape index (κ2) is 21.4. The maximum absolute atomic E-state index is 13.2. The topological polar surface area (TPSA) is 218 Å². The van der Waals surface area contributed by atoms with Crippen LogP contribution < -0.4 is 0 Å². The third-order valence-electron chi connectivity index (χ3n) is 13.1. The third-order valence-corrected chi connectivity index (χ3v) is 22.1. The Morgan fingerprint density at radius 3 is 1.33 bits per heavy atom. The van der Waals surface area contributed by atoms with Gasteiger partial charge < -0.3 is 19.6 Å². The molecule has 3 aliphatic rings. The van der Waals surface area contributed by atoms with Gasteiger partial charge in [-0.3, -0.25) is 0 Å². The molecule has 3 aromatic carbocycles. The van der Waals surface area contributed by atoms with Crippen LogP contribution in [0.4, 0.5) is 0 Å². The molecule has 0 saturated heterocycles. The van der Waals surface area contributed by atoms with Crippen molar-refractivity contribution in [2.45, 2.75) is 92.8 Å². The molecule has 3 aliphatic carbocycles. The lowest BCUT2D eigenvalue weighted by Gasteiger charge is -2.16. The molecule has 3 heterocycles. The number of aromatic nitrogens is 3. The number of hydrogen-bond acceptors (Lipinski definition) is 11. The number of allylic oxidation sites excluding steroid dienone is 3. The molecule has 6 aromatic rings. The van der Waals surface area contributed by atoms with Gasteiger partial charge in [0.1, 0.15) is 0 Å². The van der Waals surface area contributed by atoms with Crippen LogP contribution in [0.2, 0.25) is 0 Å². The fraction of sp³-hybridized carbons (Fsp3) is 0.340. The Bertz CT molecular complexity index is 3550.